The van der Waals surface area contributed by atoms with Gasteiger partial charge in [-0.3, -0.25) is 9.48 Å². The zero-order chi connectivity index (χ0) is 14.5. The zero-order valence-corrected chi connectivity index (χ0v) is 12.2. The number of likely N-dealkylation sites (tertiary alicyclic amines) is 1. The number of rotatable bonds is 5. The van der Waals surface area contributed by atoms with E-state index < -0.39 is 0 Å². The number of amides is 1. The molecule has 1 fully saturated rings. The van der Waals surface area contributed by atoms with Gasteiger partial charge in [-0.15, -0.1) is 5.10 Å². The van der Waals surface area contributed by atoms with Gasteiger partial charge in [-0.05, 0) is 26.7 Å². The fraction of sp³-hybridized carbons (Fsp3) is 0.769. The first kappa shape index (κ1) is 14.9. The summed E-state index contributed by atoms with van der Waals surface area (Å²) in [6, 6.07) is 0.806. The Balaban J connectivity index is 1.82. The van der Waals surface area contributed by atoms with E-state index in [4.69, 9.17) is 5.73 Å². The molecule has 1 aromatic heterocycles. The number of piperidine rings is 1. The van der Waals surface area contributed by atoms with Crippen molar-refractivity contribution in [3.05, 3.63) is 11.9 Å². The van der Waals surface area contributed by atoms with Crippen LogP contribution in [-0.2, 0) is 6.54 Å². The van der Waals surface area contributed by atoms with Crippen molar-refractivity contribution in [1.82, 2.24) is 25.2 Å². The second-order valence-corrected chi connectivity index (χ2v) is 5.53. The number of nitrogens with one attached hydrogen (secondary N) is 1. The molecule has 0 saturated carbocycles. The monoisotopic (exact) mass is 280 g/mol. The Hall–Kier alpha value is -1.47. The van der Waals surface area contributed by atoms with Gasteiger partial charge in [0.05, 0.1) is 12.7 Å². The van der Waals surface area contributed by atoms with Gasteiger partial charge in [-0.1, -0.05) is 5.21 Å². The smallest absolute Gasteiger partial charge is 0.273 e. The van der Waals surface area contributed by atoms with Gasteiger partial charge in [-0.25, -0.2) is 0 Å². The molecule has 1 aliphatic rings. The van der Waals surface area contributed by atoms with E-state index in [1.807, 2.05) is 0 Å². The maximum absolute atomic E-state index is 12.1. The number of hydrogen-bond donors (Lipinski definition) is 2. The van der Waals surface area contributed by atoms with Crippen LogP contribution in [0.3, 0.4) is 0 Å². The standard InChI is InChI=1S/C13H24N6O/c1-10(2)18-6-3-11(4-7-18)15-13(20)12-9-19(8-5-14)17-16-12/h9-11H,3-8,14H2,1-2H3,(H,15,20). The first-order valence-electron chi connectivity index (χ1n) is 7.25. The molecule has 0 bridgehead atoms. The third kappa shape index (κ3) is 3.77. The van der Waals surface area contributed by atoms with Crippen molar-refractivity contribution < 1.29 is 4.79 Å². The fourth-order valence-corrected chi connectivity index (χ4v) is 2.46. The van der Waals surface area contributed by atoms with Gasteiger partial charge in [0.2, 0.25) is 0 Å². The molecule has 20 heavy (non-hydrogen) atoms. The van der Waals surface area contributed by atoms with Crippen LogP contribution < -0.4 is 11.1 Å². The first-order chi connectivity index (χ1) is 9.60. The van der Waals surface area contributed by atoms with Gasteiger partial charge in [-0.2, -0.15) is 0 Å². The summed E-state index contributed by atoms with van der Waals surface area (Å²) in [5, 5.41) is 10.8. The van der Waals surface area contributed by atoms with Crippen molar-refractivity contribution in [2.45, 2.75) is 45.3 Å². The molecule has 2 rings (SSSR count). The zero-order valence-electron chi connectivity index (χ0n) is 12.2. The van der Waals surface area contributed by atoms with Crippen LogP contribution in [0.5, 0.6) is 0 Å². The molecule has 1 amide bonds. The molecule has 3 N–H and O–H groups in total. The number of carbonyl (C=O) groups excluding carboxylic acids is 1. The highest BCUT2D eigenvalue weighted by Crippen LogP contribution is 2.13. The molecule has 0 aromatic carbocycles. The largest absolute Gasteiger partial charge is 0.348 e. The molecule has 1 aliphatic heterocycles. The summed E-state index contributed by atoms with van der Waals surface area (Å²) < 4.78 is 1.59. The fourth-order valence-electron chi connectivity index (χ4n) is 2.46. The molecule has 2 heterocycles. The topological polar surface area (TPSA) is 89.1 Å². The Labute approximate surface area is 119 Å². The molecule has 1 aromatic rings. The van der Waals surface area contributed by atoms with Gasteiger partial charge in [0, 0.05) is 31.7 Å². The number of nitrogens with two attached hydrogens (primary N) is 1. The number of hydrogen-bond acceptors (Lipinski definition) is 5. The summed E-state index contributed by atoms with van der Waals surface area (Å²) in [5.41, 5.74) is 5.80. The van der Waals surface area contributed by atoms with E-state index in [9.17, 15) is 4.79 Å². The van der Waals surface area contributed by atoms with E-state index in [2.05, 4.69) is 34.4 Å². The summed E-state index contributed by atoms with van der Waals surface area (Å²) in [5.74, 6) is -0.142. The van der Waals surface area contributed by atoms with E-state index in [-0.39, 0.29) is 11.9 Å². The summed E-state index contributed by atoms with van der Waals surface area (Å²) >= 11 is 0. The van der Waals surface area contributed by atoms with Crippen LogP contribution in [0.2, 0.25) is 0 Å². The summed E-state index contributed by atoms with van der Waals surface area (Å²) in [7, 11) is 0. The quantitative estimate of drug-likeness (QED) is 0.782. The highest BCUT2D eigenvalue weighted by atomic mass is 16.2. The lowest BCUT2D eigenvalue weighted by Crippen LogP contribution is -2.46. The van der Waals surface area contributed by atoms with Crippen molar-refractivity contribution in [3.63, 3.8) is 0 Å². The molecule has 0 atom stereocenters. The molecule has 0 spiro atoms. The van der Waals surface area contributed by atoms with E-state index in [0.29, 0.717) is 24.8 Å². The average Bonchev–Trinajstić information content (AvgIpc) is 2.88. The highest BCUT2D eigenvalue weighted by Gasteiger charge is 2.23. The third-order valence-corrected chi connectivity index (χ3v) is 3.72. The van der Waals surface area contributed by atoms with Crippen LogP contribution >= 0.6 is 0 Å². The normalized spacial score (nSPS) is 17.6. The van der Waals surface area contributed by atoms with Crippen LogP contribution in [0.4, 0.5) is 0 Å². The van der Waals surface area contributed by atoms with Crippen LogP contribution in [0.15, 0.2) is 6.20 Å². The number of nitrogens with zero attached hydrogens (tertiary/aromatic N) is 4. The third-order valence-electron chi connectivity index (χ3n) is 3.72. The van der Waals surface area contributed by atoms with E-state index in [0.717, 1.165) is 25.9 Å². The minimum Gasteiger partial charge on any atom is -0.348 e. The van der Waals surface area contributed by atoms with Crippen molar-refractivity contribution in [2.24, 2.45) is 5.73 Å². The van der Waals surface area contributed by atoms with Gasteiger partial charge >= 0.3 is 0 Å². The summed E-state index contributed by atoms with van der Waals surface area (Å²) in [4.78, 5) is 14.5. The first-order valence-corrected chi connectivity index (χ1v) is 7.25. The van der Waals surface area contributed by atoms with Crippen molar-refractivity contribution >= 4 is 5.91 Å². The van der Waals surface area contributed by atoms with Crippen LogP contribution in [0.25, 0.3) is 0 Å². The predicted octanol–water partition coefficient (Wildman–Crippen LogP) is -0.161. The predicted molar refractivity (Wildman–Crippen MR) is 76.3 cm³/mol. The Kier molecular flexibility index (Phi) is 5.08. The molecular formula is C13H24N6O. The average molecular weight is 280 g/mol. The molecule has 112 valence electrons. The van der Waals surface area contributed by atoms with Crippen LogP contribution in [0, 0.1) is 0 Å². The van der Waals surface area contributed by atoms with Gasteiger partial charge in [0.1, 0.15) is 0 Å². The Morgan fingerprint density at radius 2 is 2.20 bits per heavy atom. The number of carbonyl (C=O) groups is 1. The Morgan fingerprint density at radius 3 is 2.80 bits per heavy atom. The molecule has 0 radical (unpaired) electrons. The SMILES string of the molecule is CC(C)N1CCC(NC(=O)c2cn(CCN)nn2)CC1. The maximum Gasteiger partial charge on any atom is 0.273 e. The molecule has 0 unspecified atom stereocenters. The lowest BCUT2D eigenvalue weighted by molar-refractivity contribution is 0.0895. The molecule has 1 saturated heterocycles. The van der Waals surface area contributed by atoms with Gasteiger partial charge in [0.15, 0.2) is 5.69 Å². The summed E-state index contributed by atoms with van der Waals surface area (Å²) in [6.07, 6.45) is 3.62. The molecular weight excluding hydrogens is 256 g/mol. The lowest BCUT2D eigenvalue weighted by atomic mass is 10.0. The van der Waals surface area contributed by atoms with Gasteiger partial charge in [0.25, 0.3) is 5.91 Å². The Bertz CT molecular complexity index is 436. The van der Waals surface area contributed by atoms with Gasteiger partial charge < -0.3 is 16.0 Å². The van der Waals surface area contributed by atoms with Crippen molar-refractivity contribution in [3.8, 4) is 0 Å². The molecule has 7 heteroatoms. The second-order valence-electron chi connectivity index (χ2n) is 5.53. The number of aromatic nitrogens is 3. The second kappa shape index (κ2) is 6.81. The minimum absolute atomic E-state index is 0.142. The van der Waals surface area contributed by atoms with Crippen molar-refractivity contribution in [2.75, 3.05) is 19.6 Å². The van der Waals surface area contributed by atoms with Crippen LogP contribution in [-0.4, -0.2) is 57.5 Å². The minimum atomic E-state index is -0.142. The Morgan fingerprint density at radius 1 is 1.50 bits per heavy atom. The maximum atomic E-state index is 12.1. The molecule has 7 nitrogen and oxygen atoms in total. The highest BCUT2D eigenvalue weighted by molar-refractivity contribution is 5.92. The lowest BCUT2D eigenvalue weighted by Gasteiger charge is -2.34. The van der Waals surface area contributed by atoms with Crippen molar-refractivity contribution in [1.29, 1.82) is 0 Å². The molecule has 0 aliphatic carbocycles. The summed E-state index contributed by atoms with van der Waals surface area (Å²) in [6.45, 7) is 7.53. The van der Waals surface area contributed by atoms with Crippen LogP contribution in [0.1, 0.15) is 37.2 Å². The van der Waals surface area contributed by atoms with E-state index >= 15 is 0 Å². The van der Waals surface area contributed by atoms with E-state index in [1.165, 1.54) is 0 Å². The van der Waals surface area contributed by atoms with E-state index in [1.54, 1.807) is 10.9 Å².